The van der Waals surface area contributed by atoms with Crippen molar-refractivity contribution in [3.05, 3.63) is 16.7 Å². The molecule has 0 aliphatic carbocycles. The van der Waals surface area contributed by atoms with Gasteiger partial charge in [-0.05, 0) is 0 Å². The summed E-state index contributed by atoms with van der Waals surface area (Å²) < 4.78 is 36.2. The number of nitrogen functional groups attached to an aromatic ring is 1. The maximum Gasteiger partial charge on any atom is 0.372 e. The van der Waals surface area contributed by atoms with E-state index in [0.29, 0.717) is 0 Å². The van der Waals surface area contributed by atoms with Crippen LogP contribution in [0.2, 0.25) is 0 Å². The minimum atomic E-state index is -4.25. The summed E-state index contributed by atoms with van der Waals surface area (Å²) in [6.07, 6.45) is -1.62. The standard InChI is InChI=1S/C10H14FN6O5P/c11-4-1-6(23(19,20)22-13)21-5(4)2-17-3-14-7-8(17)15-10(12)16-9(7)18/h3-6H,1-2,13H2,(H,19,20)(H3,12,15,16,18)/t4-,5+,6-/m0/s1. The van der Waals surface area contributed by atoms with Crippen LogP contribution in [0, 0.1) is 0 Å². The normalized spacial score (nSPS) is 27.3. The van der Waals surface area contributed by atoms with Gasteiger partial charge in [0.05, 0.1) is 12.9 Å². The van der Waals surface area contributed by atoms with Gasteiger partial charge in [-0.2, -0.15) is 4.98 Å². The highest BCUT2D eigenvalue weighted by atomic mass is 31.2. The number of nitrogens with zero attached hydrogens (tertiary/aromatic N) is 3. The molecule has 23 heavy (non-hydrogen) atoms. The van der Waals surface area contributed by atoms with Crippen LogP contribution in [-0.4, -0.2) is 42.5 Å². The first kappa shape index (κ1) is 16.0. The van der Waals surface area contributed by atoms with Crippen molar-refractivity contribution in [1.82, 2.24) is 19.5 Å². The second-order valence-corrected chi connectivity index (χ2v) is 6.99. The number of nitrogens with two attached hydrogens (primary N) is 2. The summed E-state index contributed by atoms with van der Waals surface area (Å²) in [5.74, 6) is 3.26. The van der Waals surface area contributed by atoms with Gasteiger partial charge in [0.1, 0.15) is 12.3 Å². The van der Waals surface area contributed by atoms with Gasteiger partial charge in [-0.25, -0.2) is 19.9 Å². The van der Waals surface area contributed by atoms with E-state index in [-0.39, 0.29) is 30.1 Å². The average Bonchev–Trinajstić information content (AvgIpc) is 3.05. The highest BCUT2D eigenvalue weighted by Gasteiger charge is 2.46. The Labute approximate surface area is 127 Å². The molecule has 2 aromatic heterocycles. The van der Waals surface area contributed by atoms with E-state index in [1.54, 1.807) is 0 Å². The molecule has 2 aromatic rings. The molecule has 0 aromatic carbocycles. The maximum atomic E-state index is 14.1. The molecule has 0 radical (unpaired) electrons. The van der Waals surface area contributed by atoms with Gasteiger partial charge in [-0.1, -0.05) is 0 Å². The van der Waals surface area contributed by atoms with Crippen molar-refractivity contribution in [3.8, 4) is 0 Å². The lowest BCUT2D eigenvalue weighted by molar-refractivity contribution is 0.0367. The van der Waals surface area contributed by atoms with Gasteiger partial charge in [0.25, 0.3) is 5.56 Å². The zero-order valence-corrected chi connectivity index (χ0v) is 12.5. The zero-order valence-electron chi connectivity index (χ0n) is 11.6. The summed E-state index contributed by atoms with van der Waals surface area (Å²) >= 11 is 0. The van der Waals surface area contributed by atoms with E-state index in [1.807, 2.05) is 0 Å². The molecular weight excluding hydrogens is 334 g/mol. The molecular formula is C10H14FN6O5P. The van der Waals surface area contributed by atoms with Crippen LogP contribution in [0.1, 0.15) is 6.42 Å². The number of ether oxygens (including phenoxy) is 1. The molecule has 1 unspecified atom stereocenters. The largest absolute Gasteiger partial charge is 0.372 e. The number of nitrogens with one attached hydrogen (secondary N) is 1. The lowest BCUT2D eigenvalue weighted by atomic mass is 10.2. The summed E-state index contributed by atoms with van der Waals surface area (Å²) in [7, 11) is -4.25. The van der Waals surface area contributed by atoms with Gasteiger partial charge in [0, 0.05) is 6.42 Å². The molecule has 0 bridgehead atoms. The maximum absolute atomic E-state index is 14.1. The molecule has 3 heterocycles. The summed E-state index contributed by atoms with van der Waals surface area (Å²) in [5.41, 5.74) is 5.15. The lowest BCUT2D eigenvalue weighted by Gasteiger charge is -2.17. The van der Waals surface area contributed by atoms with Gasteiger partial charge in [-0.15, -0.1) is 0 Å². The van der Waals surface area contributed by atoms with Crippen LogP contribution in [0.4, 0.5) is 10.3 Å². The van der Waals surface area contributed by atoms with Crippen molar-refractivity contribution < 1.29 is 23.2 Å². The van der Waals surface area contributed by atoms with Crippen LogP contribution in [0.3, 0.4) is 0 Å². The molecule has 1 aliphatic heterocycles. The van der Waals surface area contributed by atoms with Crippen LogP contribution < -0.4 is 17.2 Å². The van der Waals surface area contributed by atoms with Gasteiger partial charge < -0.3 is 19.9 Å². The number of alkyl halides is 1. The Morgan fingerprint density at radius 1 is 1.65 bits per heavy atom. The number of aromatic nitrogens is 4. The average molecular weight is 348 g/mol. The first-order valence-electron chi connectivity index (χ1n) is 6.53. The lowest BCUT2D eigenvalue weighted by Crippen LogP contribution is -2.24. The fraction of sp³-hybridized carbons (Fsp3) is 0.500. The van der Waals surface area contributed by atoms with Crippen molar-refractivity contribution >= 4 is 24.7 Å². The highest BCUT2D eigenvalue weighted by molar-refractivity contribution is 7.53. The summed E-state index contributed by atoms with van der Waals surface area (Å²) in [6.45, 7) is -0.0748. The van der Waals surface area contributed by atoms with E-state index in [9.17, 15) is 18.6 Å². The predicted octanol–water partition coefficient (Wildman–Crippen LogP) is -0.769. The molecule has 4 atom stereocenters. The molecule has 1 fully saturated rings. The number of fused-ring (bicyclic) bond motifs is 1. The van der Waals surface area contributed by atoms with Crippen LogP contribution >= 0.6 is 7.60 Å². The molecule has 1 aliphatic rings. The SMILES string of the molecule is NOP(=O)(O)[C@H]1C[C@H](F)[C@@H](Cn2cnc3c(=O)[nH]c(N)nc32)O1. The molecule has 0 spiro atoms. The Morgan fingerprint density at radius 3 is 3.09 bits per heavy atom. The Bertz CT molecular complexity index is 839. The highest BCUT2D eigenvalue weighted by Crippen LogP contribution is 2.52. The van der Waals surface area contributed by atoms with Crippen LogP contribution in [0.25, 0.3) is 11.2 Å². The molecule has 0 saturated carbocycles. The third kappa shape index (κ3) is 2.86. The number of hydrogen-bond acceptors (Lipinski definition) is 8. The summed E-state index contributed by atoms with van der Waals surface area (Å²) in [5, 5.41) is 0. The monoisotopic (exact) mass is 348 g/mol. The molecule has 6 N–H and O–H groups in total. The van der Waals surface area contributed by atoms with E-state index in [0.717, 1.165) is 0 Å². The molecule has 126 valence electrons. The van der Waals surface area contributed by atoms with Gasteiger partial charge in [0.2, 0.25) is 5.95 Å². The first-order chi connectivity index (χ1) is 10.8. The van der Waals surface area contributed by atoms with E-state index in [4.69, 9.17) is 16.4 Å². The third-order valence-corrected chi connectivity index (χ3v) is 4.91. The first-order valence-corrected chi connectivity index (χ1v) is 8.17. The van der Waals surface area contributed by atoms with Gasteiger partial charge in [-0.3, -0.25) is 14.3 Å². The van der Waals surface area contributed by atoms with Crippen LogP contribution in [0.15, 0.2) is 11.1 Å². The van der Waals surface area contributed by atoms with Crippen molar-refractivity contribution in [2.24, 2.45) is 5.90 Å². The fourth-order valence-electron chi connectivity index (χ4n) is 2.42. The quantitative estimate of drug-likeness (QED) is 0.409. The Hall–Kier alpha value is -1.85. The number of anilines is 1. The summed E-state index contributed by atoms with van der Waals surface area (Å²) in [6, 6.07) is 0. The van der Waals surface area contributed by atoms with Gasteiger partial charge in [0.15, 0.2) is 17.0 Å². The molecule has 3 rings (SSSR count). The minimum absolute atomic E-state index is 0.0438. The number of halogens is 1. The minimum Gasteiger partial charge on any atom is -0.369 e. The van der Waals surface area contributed by atoms with Crippen molar-refractivity contribution in [3.63, 3.8) is 0 Å². The molecule has 11 nitrogen and oxygen atoms in total. The van der Waals surface area contributed by atoms with E-state index in [2.05, 4.69) is 19.6 Å². The number of hydrogen-bond donors (Lipinski definition) is 4. The topological polar surface area (TPSA) is 171 Å². The number of rotatable bonds is 4. The van der Waals surface area contributed by atoms with E-state index < -0.39 is 31.3 Å². The fourth-order valence-corrected chi connectivity index (χ4v) is 3.33. The second-order valence-electron chi connectivity index (χ2n) is 5.07. The van der Waals surface area contributed by atoms with Crippen LogP contribution in [-0.2, 0) is 20.5 Å². The van der Waals surface area contributed by atoms with E-state index in [1.165, 1.54) is 10.9 Å². The Kier molecular flexibility index (Phi) is 3.94. The number of imidazole rings is 1. The summed E-state index contributed by atoms with van der Waals surface area (Å²) in [4.78, 5) is 31.3. The van der Waals surface area contributed by atoms with Crippen LogP contribution in [0.5, 0.6) is 0 Å². The molecule has 0 amide bonds. The van der Waals surface area contributed by atoms with Crippen molar-refractivity contribution in [1.29, 1.82) is 0 Å². The number of H-pyrrole nitrogens is 1. The smallest absolute Gasteiger partial charge is 0.369 e. The van der Waals surface area contributed by atoms with Crippen molar-refractivity contribution in [2.75, 3.05) is 5.73 Å². The Balaban J connectivity index is 1.86. The molecule has 13 heteroatoms. The van der Waals surface area contributed by atoms with E-state index >= 15 is 0 Å². The Morgan fingerprint density at radius 2 is 2.39 bits per heavy atom. The zero-order chi connectivity index (χ0) is 16.8. The predicted molar refractivity (Wildman–Crippen MR) is 75.8 cm³/mol. The third-order valence-electron chi connectivity index (χ3n) is 3.55. The van der Waals surface area contributed by atoms with Crippen molar-refractivity contribution in [2.45, 2.75) is 31.1 Å². The molecule has 1 saturated heterocycles. The number of aromatic amines is 1. The second kappa shape index (κ2) is 5.65. The van der Waals surface area contributed by atoms with Gasteiger partial charge >= 0.3 is 7.60 Å².